The van der Waals surface area contributed by atoms with Gasteiger partial charge in [-0.25, -0.2) is 17.8 Å². The van der Waals surface area contributed by atoms with Crippen LogP contribution in [0.15, 0.2) is 47.6 Å². The third-order valence-corrected chi connectivity index (χ3v) is 6.31. The van der Waals surface area contributed by atoms with E-state index in [0.717, 1.165) is 0 Å². The van der Waals surface area contributed by atoms with E-state index < -0.39 is 21.9 Å². The number of nitrogens with zero attached hydrogens (tertiary/aromatic N) is 2. The zero-order valence-electron chi connectivity index (χ0n) is 16.0. The number of nitrogens with one attached hydrogen (secondary N) is 1. The topological polar surface area (TPSA) is 78.8 Å². The molecule has 154 valence electrons. The third-order valence-electron chi connectivity index (χ3n) is 4.67. The number of benzene rings is 2. The van der Waals surface area contributed by atoms with E-state index in [-0.39, 0.29) is 28.7 Å². The highest BCUT2D eigenvalue weighted by molar-refractivity contribution is 7.92. The van der Waals surface area contributed by atoms with Crippen molar-refractivity contribution in [2.24, 2.45) is 5.10 Å². The van der Waals surface area contributed by atoms with Gasteiger partial charge < -0.3 is 0 Å². The number of hydrogen-bond donors (Lipinski definition) is 1. The second-order valence-electron chi connectivity index (χ2n) is 6.58. The van der Waals surface area contributed by atoms with Crippen molar-refractivity contribution in [3.8, 4) is 0 Å². The minimum absolute atomic E-state index is 0.0272. The fraction of sp³-hybridized carbons (Fsp3) is 0.300. The molecule has 0 fully saturated rings. The van der Waals surface area contributed by atoms with Gasteiger partial charge in [-0.1, -0.05) is 36.7 Å². The first-order chi connectivity index (χ1) is 13.8. The summed E-state index contributed by atoms with van der Waals surface area (Å²) in [6.45, 7) is 3.27. The van der Waals surface area contributed by atoms with E-state index in [9.17, 15) is 17.6 Å². The van der Waals surface area contributed by atoms with Crippen molar-refractivity contribution >= 4 is 38.9 Å². The molecule has 1 aliphatic heterocycles. The molecule has 0 unspecified atom stereocenters. The molecule has 1 atom stereocenters. The van der Waals surface area contributed by atoms with E-state index in [1.807, 2.05) is 0 Å². The third kappa shape index (κ3) is 4.59. The summed E-state index contributed by atoms with van der Waals surface area (Å²) < 4.78 is 40.3. The van der Waals surface area contributed by atoms with E-state index in [0.29, 0.717) is 23.4 Å². The first-order valence-corrected chi connectivity index (χ1v) is 11.2. The molecule has 9 heteroatoms. The predicted molar refractivity (Wildman–Crippen MR) is 112 cm³/mol. The molecular formula is C20H21ClFN3O3S. The van der Waals surface area contributed by atoms with E-state index in [1.165, 1.54) is 17.1 Å². The lowest BCUT2D eigenvalue weighted by Gasteiger charge is -2.22. The number of anilines is 1. The second-order valence-corrected chi connectivity index (χ2v) is 8.99. The Bertz CT molecular complexity index is 1030. The quantitative estimate of drug-likeness (QED) is 0.730. The Morgan fingerprint density at radius 3 is 2.52 bits per heavy atom. The summed E-state index contributed by atoms with van der Waals surface area (Å²) in [5.41, 5.74) is 1.99. The van der Waals surface area contributed by atoms with E-state index in [1.54, 1.807) is 44.2 Å². The summed E-state index contributed by atoms with van der Waals surface area (Å²) in [6, 6.07) is 10.5. The van der Waals surface area contributed by atoms with Crippen LogP contribution in [0.2, 0.25) is 5.02 Å². The molecule has 0 aliphatic carbocycles. The average molecular weight is 438 g/mol. The standard InChI is InChI=1S/C20H21ClFN3O3S/c1-3-19(26)25-18(20-15(21)6-5-7-16(20)22)12-17(23-25)13-8-10-14(11-9-13)24-29(27,28)4-2/h5-11,18,24H,3-4,12H2,1-2H3/t18-/m1/s1. The van der Waals surface area contributed by atoms with E-state index in [4.69, 9.17) is 11.6 Å². The van der Waals surface area contributed by atoms with Crippen LogP contribution in [0.5, 0.6) is 0 Å². The van der Waals surface area contributed by atoms with Gasteiger partial charge >= 0.3 is 0 Å². The Hall–Kier alpha value is -2.45. The molecule has 2 aromatic carbocycles. The molecule has 0 saturated carbocycles. The van der Waals surface area contributed by atoms with Crippen molar-refractivity contribution in [3.63, 3.8) is 0 Å². The smallest absolute Gasteiger partial charge is 0.242 e. The number of hydrazone groups is 1. The number of amides is 1. The Labute approximate surface area is 174 Å². The SMILES string of the molecule is CCC(=O)N1N=C(c2ccc(NS(=O)(=O)CC)cc2)C[C@@H]1c1c(F)cccc1Cl. The van der Waals surface area contributed by atoms with Gasteiger partial charge in [0.15, 0.2) is 0 Å². The molecule has 29 heavy (non-hydrogen) atoms. The van der Waals surface area contributed by atoms with E-state index in [2.05, 4.69) is 9.82 Å². The number of hydrogen-bond acceptors (Lipinski definition) is 4. The fourth-order valence-electron chi connectivity index (χ4n) is 3.11. The van der Waals surface area contributed by atoms with Crippen LogP contribution in [0, 0.1) is 5.82 Å². The lowest BCUT2D eigenvalue weighted by Crippen LogP contribution is -2.27. The van der Waals surface area contributed by atoms with Gasteiger partial charge in [0.05, 0.1) is 17.5 Å². The summed E-state index contributed by atoms with van der Waals surface area (Å²) in [5, 5.41) is 5.95. The first-order valence-electron chi connectivity index (χ1n) is 9.20. The molecule has 0 bridgehead atoms. The second kappa shape index (κ2) is 8.51. The van der Waals surface area contributed by atoms with Crippen molar-refractivity contribution in [2.45, 2.75) is 32.7 Å². The minimum Gasteiger partial charge on any atom is -0.284 e. The highest BCUT2D eigenvalue weighted by atomic mass is 35.5. The molecule has 0 saturated heterocycles. The van der Waals surface area contributed by atoms with Gasteiger partial charge in [-0.3, -0.25) is 9.52 Å². The van der Waals surface area contributed by atoms with Crippen LogP contribution in [0.25, 0.3) is 0 Å². The van der Waals surface area contributed by atoms with Crippen molar-refractivity contribution in [1.82, 2.24) is 5.01 Å². The Morgan fingerprint density at radius 1 is 1.24 bits per heavy atom. The van der Waals surface area contributed by atoms with Crippen molar-refractivity contribution in [1.29, 1.82) is 0 Å². The van der Waals surface area contributed by atoms with Crippen LogP contribution in [-0.2, 0) is 14.8 Å². The van der Waals surface area contributed by atoms with Crippen LogP contribution in [0.3, 0.4) is 0 Å². The summed E-state index contributed by atoms with van der Waals surface area (Å²) in [4.78, 5) is 12.4. The van der Waals surface area contributed by atoms with Crippen LogP contribution < -0.4 is 4.72 Å². The van der Waals surface area contributed by atoms with Crippen molar-refractivity contribution < 1.29 is 17.6 Å². The van der Waals surface area contributed by atoms with Crippen LogP contribution in [0.1, 0.15) is 43.9 Å². The number of carbonyl (C=O) groups is 1. The van der Waals surface area contributed by atoms with Crippen LogP contribution in [-0.4, -0.2) is 30.8 Å². The zero-order valence-corrected chi connectivity index (χ0v) is 17.6. The predicted octanol–water partition coefficient (Wildman–Crippen LogP) is 4.33. The normalized spacial score (nSPS) is 16.6. The molecule has 3 rings (SSSR count). The van der Waals surface area contributed by atoms with Gasteiger partial charge in [0.1, 0.15) is 5.82 Å². The Kier molecular flexibility index (Phi) is 6.24. The maximum absolute atomic E-state index is 14.5. The highest BCUT2D eigenvalue weighted by Gasteiger charge is 2.35. The molecule has 1 N–H and O–H groups in total. The molecule has 6 nitrogen and oxygen atoms in total. The van der Waals surface area contributed by atoms with Crippen molar-refractivity contribution in [2.75, 3.05) is 10.5 Å². The number of halogens is 2. The Balaban J connectivity index is 1.92. The van der Waals surface area contributed by atoms with Gasteiger partial charge in [0, 0.05) is 29.1 Å². The molecule has 1 amide bonds. The maximum atomic E-state index is 14.5. The van der Waals surface area contributed by atoms with Crippen molar-refractivity contribution in [3.05, 3.63) is 64.4 Å². The molecule has 1 heterocycles. The van der Waals surface area contributed by atoms with Gasteiger partial charge in [0.25, 0.3) is 0 Å². The Morgan fingerprint density at radius 2 is 1.93 bits per heavy atom. The molecule has 0 aromatic heterocycles. The number of carbonyl (C=O) groups excluding carboxylic acids is 1. The highest BCUT2D eigenvalue weighted by Crippen LogP contribution is 2.38. The number of sulfonamides is 1. The summed E-state index contributed by atoms with van der Waals surface area (Å²) >= 11 is 6.22. The fourth-order valence-corrected chi connectivity index (χ4v) is 4.04. The summed E-state index contributed by atoms with van der Waals surface area (Å²) in [5.74, 6) is -0.755. The van der Waals surface area contributed by atoms with Crippen LogP contribution >= 0.6 is 11.6 Å². The first kappa shape index (κ1) is 21.3. The molecular weight excluding hydrogens is 417 g/mol. The molecule has 2 aromatic rings. The maximum Gasteiger partial charge on any atom is 0.242 e. The largest absolute Gasteiger partial charge is 0.284 e. The van der Waals surface area contributed by atoms with Gasteiger partial charge in [-0.15, -0.1) is 0 Å². The van der Waals surface area contributed by atoms with Gasteiger partial charge in [-0.2, -0.15) is 5.10 Å². The monoisotopic (exact) mass is 437 g/mol. The molecule has 1 aliphatic rings. The average Bonchev–Trinajstić information content (AvgIpc) is 3.12. The van der Waals surface area contributed by atoms with E-state index >= 15 is 0 Å². The zero-order chi connectivity index (χ0) is 21.2. The number of rotatable bonds is 6. The lowest BCUT2D eigenvalue weighted by atomic mass is 9.97. The minimum atomic E-state index is -3.37. The molecule has 0 spiro atoms. The van der Waals surface area contributed by atoms with Gasteiger partial charge in [-0.05, 0) is 36.8 Å². The lowest BCUT2D eigenvalue weighted by molar-refractivity contribution is -0.132. The summed E-state index contributed by atoms with van der Waals surface area (Å²) in [7, 11) is -3.37. The van der Waals surface area contributed by atoms with Crippen LogP contribution in [0.4, 0.5) is 10.1 Å². The molecule has 0 radical (unpaired) electrons. The van der Waals surface area contributed by atoms with Gasteiger partial charge in [0.2, 0.25) is 15.9 Å². The summed E-state index contributed by atoms with van der Waals surface area (Å²) in [6.07, 6.45) is 0.517.